The van der Waals surface area contributed by atoms with E-state index in [1.807, 2.05) is 0 Å². The Hall–Kier alpha value is -1.63. The van der Waals surface area contributed by atoms with Gasteiger partial charge in [-0.25, -0.2) is 4.98 Å². The van der Waals surface area contributed by atoms with Crippen LogP contribution in [0.1, 0.15) is 5.89 Å². The van der Waals surface area contributed by atoms with E-state index >= 15 is 0 Å². The molecule has 2 aromatic rings. The number of halogens is 1. The molecular weight excluding hydrogens is 258 g/mol. The molecule has 0 saturated heterocycles. The molecule has 0 unspecified atom stereocenters. The maximum absolute atomic E-state index is 11.1. The number of nitrogens with zero attached hydrogens (tertiary/aromatic N) is 1. The van der Waals surface area contributed by atoms with E-state index in [2.05, 4.69) is 10.3 Å². The van der Waals surface area contributed by atoms with Gasteiger partial charge in [0.05, 0.1) is 6.54 Å². The number of hydrogen-bond donors (Lipinski definition) is 2. The van der Waals surface area contributed by atoms with Crippen LogP contribution < -0.4 is 11.1 Å². The predicted octanol–water partition coefficient (Wildman–Crippen LogP) is 1.29. The van der Waals surface area contributed by atoms with Gasteiger partial charge in [-0.3, -0.25) is 4.79 Å². The van der Waals surface area contributed by atoms with Crippen LogP contribution >= 0.6 is 12.4 Å². The van der Waals surface area contributed by atoms with Gasteiger partial charge < -0.3 is 20.2 Å². The number of fused-ring (bicyclic) bond motifs is 1. The van der Waals surface area contributed by atoms with Crippen molar-refractivity contribution in [3.05, 3.63) is 24.1 Å². The lowest BCUT2D eigenvalue weighted by Gasteiger charge is -2.01. The predicted molar refractivity (Wildman–Crippen MR) is 69.7 cm³/mol. The highest BCUT2D eigenvalue weighted by atomic mass is 35.5. The van der Waals surface area contributed by atoms with Gasteiger partial charge in [0.1, 0.15) is 12.1 Å². The zero-order chi connectivity index (χ0) is 12.3. The number of carbonyl (C=O) groups excluding carboxylic acids is 1. The van der Waals surface area contributed by atoms with Gasteiger partial charge >= 0.3 is 0 Å². The number of oxazole rings is 1. The summed E-state index contributed by atoms with van der Waals surface area (Å²) in [6, 6.07) is 5.21. The lowest BCUT2D eigenvalue weighted by atomic mass is 10.3. The highest BCUT2D eigenvalue weighted by Crippen LogP contribution is 2.20. The molecule has 0 saturated carbocycles. The normalized spacial score (nSPS) is 10.1. The van der Waals surface area contributed by atoms with E-state index in [1.165, 1.54) is 0 Å². The van der Waals surface area contributed by atoms with E-state index < -0.39 is 0 Å². The van der Waals surface area contributed by atoms with Crippen LogP contribution in [0.15, 0.2) is 22.6 Å². The summed E-state index contributed by atoms with van der Waals surface area (Å²) in [6.45, 7) is 0.269. The number of methoxy groups -OCH3 is 1. The number of hydrogen-bond acceptors (Lipinski definition) is 5. The Morgan fingerprint density at radius 1 is 1.56 bits per heavy atom. The number of nitrogens with one attached hydrogen (secondary N) is 1. The van der Waals surface area contributed by atoms with Crippen molar-refractivity contribution < 1.29 is 13.9 Å². The SMILES string of the molecule is COCc1nc2cc(NC(=O)CN)ccc2o1.Cl. The van der Waals surface area contributed by atoms with Crippen LogP contribution in [0.4, 0.5) is 5.69 Å². The molecule has 18 heavy (non-hydrogen) atoms. The van der Waals surface area contributed by atoms with E-state index in [-0.39, 0.29) is 24.9 Å². The Kier molecular flexibility index (Phi) is 5.08. The molecule has 0 spiro atoms. The minimum absolute atomic E-state index is 0. The minimum atomic E-state index is -0.245. The van der Waals surface area contributed by atoms with Crippen LogP contribution in [0.3, 0.4) is 0 Å². The van der Waals surface area contributed by atoms with E-state index in [1.54, 1.807) is 25.3 Å². The second kappa shape index (κ2) is 6.34. The average molecular weight is 272 g/mol. The van der Waals surface area contributed by atoms with Crippen molar-refractivity contribution >= 4 is 35.1 Å². The third kappa shape index (κ3) is 3.19. The van der Waals surface area contributed by atoms with E-state index in [4.69, 9.17) is 14.9 Å². The Morgan fingerprint density at radius 2 is 2.33 bits per heavy atom. The van der Waals surface area contributed by atoms with Gasteiger partial charge in [-0.1, -0.05) is 0 Å². The third-order valence-electron chi connectivity index (χ3n) is 2.17. The first-order valence-corrected chi connectivity index (χ1v) is 5.11. The quantitative estimate of drug-likeness (QED) is 0.874. The number of nitrogens with two attached hydrogens (primary N) is 1. The number of rotatable bonds is 4. The Labute approximate surface area is 110 Å². The molecule has 7 heteroatoms. The summed E-state index contributed by atoms with van der Waals surface area (Å²) >= 11 is 0. The molecule has 1 aromatic carbocycles. The van der Waals surface area contributed by atoms with Crippen LogP contribution in [-0.2, 0) is 16.1 Å². The Morgan fingerprint density at radius 3 is 3.00 bits per heavy atom. The van der Waals surface area contributed by atoms with Crippen LogP contribution in [0, 0.1) is 0 Å². The van der Waals surface area contributed by atoms with Gasteiger partial charge in [-0.15, -0.1) is 12.4 Å². The molecular formula is C11H14ClN3O3. The molecule has 0 aliphatic rings. The minimum Gasteiger partial charge on any atom is -0.438 e. The summed E-state index contributed by atoms with van der Waals surface area (Å²) in [6.07, 6.45) is 0. The van der Waals surface area contributed by atoms with E-state index in [9.17, 15) is 4.79 Å². The maximum Gasteiger partial charge on any atom is 0.238 e. The van der Waals surface area contributed by atoms with Gasteiger partial charge in [0.15, 0.2) is 5.58 Å². The zero-order valence-corrected chi connectivity index (χ0v) is 10.6. The average Bonchev–Trinajstić information content (AvgIpc) is 2.71. The van der Waals surface area contributed by atoms with Crippen LogP contribution in [0.2, 0.25) is 0 Å². The lowest BCUT2D eigenvalue weighted by Crippen LogP contribution is -2.21. The largest absolute Gasteiger partial charge is 0.438 e. The molecule has 2 rings (SSSR count). The van der Waals surface area contributed by atoms with E-state index in [0.29, 0.717) is 29.3 Å². The number of carbonyl (C=O) groups is 1. The molecule has 0 atom stereocenters. The standard InChI is InChI=1S/C11H13N3O3.ClH/c1-16-6-11-14-8-4-7(13-10(15)5-12)2-3-9(8)17-11;/h2-4H,5-6,12H2,1H3,(H,13,15);1H. The number of anilines is 1. The van der Waals surface area contributed by atoms with Crippen molar-refractivity contribution in [2.24, 2.45) is 5.73 Å². The number of ether oxygens (including phenoxy) is 1. The summed E-state index contributed by atoms with van der Waals surface area (Å²) < 4.78 is 10.3. The first-order chi connectivity index (χ1) is 8.22. The molecule has 3 N–H and O–H groups in total. The lowest BCUT2D eigenvalue weighted by molar-refractivity contribution is -0.114. The second-order valence-corrected chi connectivity index (χ2v) is 3.48. The fourth-order valence-corrected chi connectivity index (χ4v) is 1.45. The van der Waals surface area contributed by atoms with Gasteiger partial charge in [-0.2, -0.15) is 0 Å². The third-order valence-corrected chi connectivity index (χ3v) is 2.17. The molecule has 0 fully saturated rings. The summed E-state index contributed by atoms with van der Waals surface area (Å²) in [4.78, 5) is 15.3. The Bertz CT molecular complexity index is 541. The van der Waals surface area contributed by atoms with Crippen LogP contribution in [-0.4, -0.2) is 24.5 Å². The summed E-state index contributed by atoms with van der Waals surface area (Å²) in [5, 5.41) is 2.65. The monoisotopic (exact) mass is 271 g/mol. The maximum atomic E-state index is 11.1. The fourth-order valence-electron chi connectivity index (χ4n) is 1.45. The molecule has 0 radical (unpaired) electrons. The van der Waals surface area contributed by atoms with Crippen molar-refractivity contribution in [1.82, 2.24) is 4.98 Å². The Balaban J connectivity index is 0.00000162. The first kappa shape index (κ1) is 14.4. The molecule has 0 bridgehead atoms. The van der Waals surface area contributed by atoms with Crippen molar-refractivity contribution in [3.8, 4) is 0 Å². The zero-order valence-electron chi connectivity index (χ0n) is 9.80. The summed E-state index contributed by atoms with van der Waals surface area (Å²) in [7, 11) is 1.57. The molecule has 1 amide bonds. The topological polar surface area (TPSA) is 90.4 Å². The second-order valence-electron chi connectivity index (χ2n) is 3.48. The van der Waals surface area contributed by atoms with Gasteiger partial charge in [0.2, 0.25) is 11.8 Å². The molecule has 1 heterocycles. The van der Waals surface area contributed by atoms with Crippen LogP contribution in [0.25, 0.3) is 11.1 Å². The van der Waals surface area contributed by atoms with Crippen LogP contribution in [0.5, 0.6) is 0 Å². The van der Waals surface area contributed by atoms with Crippen molar-refractivity contribution in [3.63, 3.8) is 0 Å². The van der Waals surface area contributed by atoms with Crippen molar-refractivity contribution in [2.45, 2.75) is 6.61 Å². The summed E-state index contributed by atoms with van der Waals surface area (Å²) in [5.41, 5.74) is 7.19. The number of amides is 1. The highest BCUT2D eigenvalue weighted by Gasteiger charge is 2.07. The molecule has 0 aliphatic heterocycles. The van der Waals surface area contributed by atoms with Crippen molar-refractivity contribution in [1.29, 1.82) is 0 Å². The molecule has 6 nitrogen and oxygen atoms in total. The molecule has 98 valence electrons. The number of benzene rings is 1. The number of aromatic nitrogens is 1. The fraction of sp³-hybridized carbons (Fsp3) is 0.273. The highest BCUT2D eigenvalue weighted by molar-refractivity contribution is 5.93. The first-order valence-electron chi connectivity index (χ1n) is 5.11. The summed E-state index contributed by atoms with van der Waals surface area (Å²) in [5.74, 6) is 0.259. The van der Waals surface area contributed by atoms with Gasteiger partial charge in [0.25, 0.3) is 0 Å². The van der Waals surface area contributed by atoms with Gasteiger partial charge in [0, 0.05) is 12.8 Å². The van der Waals surface area contributed by atoms with Gasteiger partial charge in [-0.05, 0) is 18.2 Å². The van der Waals surface area contributed by atoms with Crippen molar-refractivity contribution in [2.75, 3.05) is 19.0 Å². The molecule has 1 aromatic heterocycles. The smallest absolute Gasteiger partial charge is 0.238 e. The molecule has 0 aliphatic carbocycles. The van der Waals surface area contributed by atoms with E-state index in [0.717, 1.165) is 0 Å².